The molecule has 0 radical (unpaired) electrons. The van der Waals surface area contributed by atoms with Gasteiger partial charge in [-0.25, -0.2) is 0 Å². The van der Waals surface area contributed by atoms with E-state index in [-0.39, 0.29) is 0 Å². The van der Waals surface area contributed by atoms with Crippen molar-refractivity contribution in [1.29, 1.82) is 0 Å². The van der Waals surface area contributed by atoms with E-state index in [1.54, 1.807) is 7.11 Å². The molecule has 1 saturated heterocycles. The van der Waals surface area contributed by atoms with Crippen molar-refractivity contribution >= 4 is 10.8 Å². The number of rotatable bonds is 4. The predicted octanol–water partition coefficient (Wildman–Crippen LogP) is 4.61. The lowest BCUT2D eigenvalue weighted by Gasteiger charge is -2.35. The lowest BCUT2D eigenvalue weighted by Crippen LogP contribution is -2.38. The maximum atomic E-state index is 5.50. The first-order valence-corrected chi connectivity index (χ1v) is 8.12. The Kier molecular flexibility index (Phi) is 4.45. The van der Waals surface area contributed by atoms with Gasteiger partial charge in [0.05, 0.1) is 7.11 Å². The number of hydrogen-bond donors (Lipinski definition) is 0. The average Bonchev–Trinajstić information content (AvgIpc) is 2.55. The fourth-order valence-electron chi connectivity index (χ4n) is 3.60. The third-order valence-corrected chi connectivity index (χ3v) is 4.79. The van der Waals surface area contributed by atoms with E-state index in [1.807, 2.05) is 0 Å². The highest BCUT2D eigenvalue weighted by molar-refractivity contribution is 5.91. The van der Waals surface area contributed by atoms with Gasteiger partial charge in [-0.15, -0.1) is 0 Å². The van der Waals surface area contributed by atoms with Crippen LogP contribution in [0.25, 0.3) is 10.8 Å². The first-order chi connectivity index (χ1) is 10.3. The Morgan fingerprint density at radius 1 is 1.10 bits per heavy atom. The van der Waals surface area contributed by atoms with E-state index < -0.39 is 0 Å². The molecule has 0 amide bonds. The summed E-state index contributed by atoms with van der Waals surface area (Å²) >= 11 is 0. The van der Waals surface area contributed by atoms with Crippen LogP contribution in [0.1, 0.15) is 38.2 Å². The van der Waals surface area contributed by atoms with Crippen LogP contribution in [0.4, 0.5) is 0 Å². The fourth-order valence-corrected chi connectivity index (χ4v) is 3.60. The summed E-state index contributed by atoms with van der Waals surface area (Å²) in [5.41, 5.74) is 1.42. The largest absolute Gasteiger partial charge is 0.496 e. The van der Waals surface area contributed by atoms with E-state index in [1.165, 1.54) is 48.6 Å². The highest BCUT2D eigenvalue weighted by atomic mass is 16.5. The van der Waals surface area contributed by atoms with Gasteiger partial charge in [-0.2, -0.15) is 0 Å². The highest BCUT2D eigenvalue weighted by Crippen LogP contribution is 2.30. The van der Waals surface area contributed by atoms with Crippen LogP contribution >= 0.6 is 0 Å². The van der Waals surface area contributed by atoms with E-state index in [0.717, 1.165) is 18.3 Å². The molecule has 3 rings (SSSR count). The average molecular weight is 283 g/mol. The maximum absolute atomic E-state index is 5.50. The van der Waals surface area contributed by atoms with Gasteiger partial charge < -0.3 is 4.74 Å². The zero-order chi connectivity index (χ0) is 14.7. The van der Waals surface area contributed by atoms with Crippen LogP contribution in [0.2, 0.25) is 0 Å². The van der Waals surface area contributed by atoms with Crippen LogP contribution in [0.3, 0.4) is 0 Å². The standard InChI is InChI=1S/C19H25NO/c1-3-16-8-6-7-13-20(16)14-15-11-12-19(21-2)18-10-5-4-9-17(15)18/h4-5,9-12,16H,3,6-8,13-14H2,1-2H3/t16-/m1/s1. The predicted molar refractivity (Wildman–Crippen MR) is 88.8 cm³/mol. The van der Waals surface area contributed by atoms with E-state index in [9.17, 15) is 0 Å². The molecule has 2 nitrogen and oxygen atoms in total. The normalized spacial score (nSPS) is 19.8. The maximum Gasteiger partial charge on any atom is 0.126 e. The molecule has 1 aliphatic rings. The first kappa shape index (κ1) is 14.4. The number of likely N-dealkylation sites (tertiary alicyclic amines) is 1. The van der Waals surface area contributed by atoms with Gasteiger partial charge in [-0.3, -0.25) is 4.90 Å². The van der Waals surface area contributed by atoms with E-state index in [4.69, 9.17) is 4.74 Å². The van der Waals surface area contributed by atoms with Gasteiger partial charge in [0, 0.05) is 18.0 Å². The Morgan fingerprint density at radius 2 is 1.90 bits per heavy atom. The number of nitrogens with zero attached hydrogens (tertiary/aromatic N) is 1. The van der Waals surface area contributed by atoms with E-state index >= 15 is 0 Å². The molecule has 0 aromatic heterocycles. The molecular formula is C19H25NO. The molecule has 2 heteroatoms. The minimum atomic E-state index is 0.750. The van der Waals surface area contributed by atoms with Crippen molar-refractivity contribution < 1.29 is 4.74 Å². The fraction of sp³-hybridized carbons (Fsp3) is 0.474. The van der Waals surface area contributed by atoms with E-state index in [0.29, 0.717) is 0 Å². The number of piperidine rings is 1. The molecule has 0 bridgehead atoms. The Hall–Kier alpha value is -1.54. The van der Waals surface area contributed by atoms with Crippen molar-refractivity contribution in [2.24, 2.45) is 0 Å². The number of hydrogen-bond acceptors (Lipinski definition) is 2. The summed E-state index contributed by atoms with van der Waals surface area (Å²) in [5, 5.41) is 2.56. The molecule has 112 valence electrons. The molecular weight excluding hydrogens is 258 g/mol. The van der Waals surface area contributed by atoms with Crippen molar-refractivity contribution in [2.75, 3.05) is 13.7 Å². The van der Waals surface area contributed by atoms with Crippen LogP contribution < -0.4 is 4.74 Å². The minimum Gasteiger partial charge on any atom is -0.496 e. The van der Waals surface area contributed by atoms with Gasteiger partial charge in [-0.05, 0) is 42.8 Å². The molecule has 21 heavy (non-hydrogen) atoms. The first-order valence-electron chi connectivity index (χ1n) is 8.12. The van der Waals surface area contributed by atoms with Crippen molar-refractivity contribution in [3.05, 3.63) is 42.0 Å². The second-order valence-corrected chi connectivity index (χ2v) is 6.00. The third-order valence-electron chi connectivity index (χ3n) is 4.79. The quantitative estimate of drug-likeness (QED) is 0.812. The minimum absolute atomic E-state index is 0.750. The summed E-state index contributed by atoms with van der Waals surface area (Å²) in [7, 11) is 1.75. The van der Waals surface area contributed by atoms with Crippen LogP contribution in [0.5, 0.6) is 5.75 Å². The number of fused-ring (bicyclic) bond motifs is 1. The highest BCUT2D eigenvalue weighted by Gasteiger charge is 2.21. The Balaban J connectivity index is 1.93. The molecule has 2 aromatic carbocycles. The molecule has 0 spiro atoms. The van der Waals surface area contributed by atoms with Gasteiger partial charge in [0.1, 0.15) is 5.75 Å². The molecule has 0 N–H and O–H groups in total. The van der Waals surface area contributed by atoms with Gasteiger partial charge in [0.25, 0.3) is 0 Å². The Morgan fingerprint density at radius 3 is 2.67 bits per heavy atom. The molecule has 0 saturated carbocycles. The van der Waals surface area contributed by atoms with Gasteiger partial charge >= 0.3 is 0 Å². The van der Waals surface area contributed by atoms with Crippen molar-refractivity contribution in [1.82, 2.24) is 4.90 Å². The molecule has 1 atom stereocenters. The van der Waals surface area contributed by atoms with Gasteiger partial charge in [0.2, 0.25) is 0 Å². The number of methoxy groups -OCH3 is 1. The zero-order valence-electron chi connectivity index (χ0n) is 13.1. The summed E-state index contributed by atoms with van der Waals surface area (Å²) in [6, 6.07) is 13.7. The van der Waals surface area contributed by atoms with Crippen molar-refractivity contribution in [2.45, 2.75) is 45.2 Å². The Labute approximate surface area is 127 Å². The van der Waals surface area contributed by atoms with Gasteiger partial charge in [0.15, 0.2) is 0 Å². The number of benzene rings is 2. The zero-order valence-corrected chi connectivity index (χ0v) is 13.1. The summed E-state index contributed by atoms with van der Waals surface area (Å²) in [4.78, 5) is 2.66. The van der Waals surface area contributed by atoms with Crippen LogP contribution in [-0.4, -0.2) is 24.6 Å². The smallest absolute Gasteiger partial charge is 0.126 e. The van der Waals surface area contributed by atoms with E-state index in [2.05, 4.69) is 48.2 Å². The van der Waals surface area contributed by atoms with Gasteiger partial charge in [-0.1, -0.05) is 43.7 Å². The second kappa shape index (κ2) is 6.48. The van der Waals surface area contributed by atoms with Crippen molar-refractivity contribution in [3.63, 3.8) is 0 Å². The third kappa shape index (κ3) is 2.91. The summed E-state index contributed by atoms with van der Waals surface area (Å²) in [5.74, 6) is 0.972. The summed E-state index contributed by atoms with van der Waals surface area (Å²) in [6.07, 6.45) is 5.33. The van der Waals surface area contributed by atoms with Crippen LogP contribution in [0.15, 0.2) is 36.4 Å². The number of ether oxygens (including phenoxy) is 1. The summed E-state index contributed by atoms with van der Waals surface area (Å²) in [6.45, 7) is 4.61. The summed E-state index contributed by atoms with van der Waals surface area (Å²) < 4.78 is 5.50. The molecule has 2 aromatic rings. The van der Waals surface area contributed by atoms with Crippen LogP contribution in [0, 0.1) is 0 Å². The lowest BCUT2D eigenvalue weighted by molar-refractivity contribution is 0.136. The Bertz CT molecular complexity index is 608. The SMILES string of the molecule is CC[C@@H]1CCCCN1Cc1ccc(OC)c2ccccc12. The molecule has 1 aliphatic heterocycles. The molecule has 0 aliphatic carbocycles. The topological polar surface area (TPSA) is 12.5 Å². The van der Waals surface area contributed by atoms with Crippen LogP contribution in [-0.2, 0) is 6.54 Å². The monoisotopic (exact) mass is 283 g/mol. The lowest BCUT2D eigenvalue weighted by atomic mass is 9.97. The second-order valence-electron chi connectivity index (χ2n) is 6.00. The van der Waals surface area contributed by atoms with Crippen molar-refractivity contribution in [3.8, 4) is 5.75 Å². The molecule has 1 heterocycles. The molecule has 1 fully saturated rings. The molecule has 0 unspecified atom stereocenters.